The number of urea groups is 1. The molecule has 1 unspecified atom stereocenters. The first-order valence-electron chi connectivity index (χ1n) is 6.42. The molecule has 2 rings (SSSR count). The third-order valence-electron chi connectivity index (χ3n) is 2.97. The smallest absolute Gasteiger partial charge is 0.319 e. The summed E-state index contributed by atoms with van der Waals surface area (Å²) in [4.78, 5) is 15.6. The van der Waals surface area contributed by atoms with Crippen molar-refractivity contribution in [3.8, 4) is 0 Å². The number of nitrogens with one attached hydrogen (secondary N) is 2. The van der Waals surface area contributed by atoms with Gasteiger partial charge in [0.25, 0.3) is 0 Å². The number of pyridine rings is 1. The lowest BCUT2D eigenvalue weighted by molar-refractivity contribution is 0.0599. The van der Waals surface area contributed by atoms with Crippen LogP contribution in [0.5, 0.6) is 0 Å². The van der Waals surface area contributed by atoms with E-state index < -0.39 is 11.6 Å². The first kappa shape index (κ1) is 15.3. The van der Waals surface area contributed by atoms with Gasteiger partial charge in [-0.1, -0.05) is 41.9 Å². The number of aromatic nitrogens is 1. The van der Waals surface area contributed by atoms with E-state index >= 15 is 0 Å². The second-order valence-corrected chi connectivity index (χ2v) is 5.20. The molecule has 0 saturated carbocycles. The van der Waals surface area contributed by atoms with Crippen LogP contribution in [0.25, 0.3) is 0 Å². The Hall–Kier alpha value is -2.11. The summed E-state index contributed by atoms with van der Waals surface area (Å²) < 4.78 is 0. The number of rotatable bonds is 4. The number of anilines is 1. The molecule has 0 radical (unpaired) electrons. The number of nitrogens with zero attached hydrogens (tertiary/aromatic N) is 1. The van der Waals surface area contributed by atoms with Crippen LogP contribution in [0, 0.1) is 0 Å². The quantitative estimate of drug-likeness (QED) is 0.760. The molecule has 1 atom stereocenters. The van der Waals surface area contributed by atoms with Crippen LogP contribution < -0.4 is 10.6 Å². The number of aliphatic hydroxyl groups is 1. The Labute approximate surface area is 128 Å². The van der Waals surface area contributed by atoms with E-state index in [0.29, 0.717) is 10.8 Å². The lowest BCUT2D eigenvalue weighted by Gasteiger charge is -2.24. The van der Waals surface area contributed by atoms with Gasteiger partial charge in [-0.2, -0.15) is 0 Å². The van der Waals surface area contributed by atoms with E-state index in [-0.39, 0.29) is 6.54 Å². The van der Waals surface area contributed by atoms with Crippen LogP contribution in [0.3, 0.4) is 0 Å². The summed E-state index contributed by atoms with van der Waals surface area (Å²) >= 11 is 5.66. The molecule has 1 aromatic heterocycles. The molecular weight excluding hydrogens is 290 g/mol. The number of hydrogen-bond donors (Lipinski definition) is 3. The van der Waals surface area contributed by atoms with Gasteiger partial charge in [-0.15, -0.1) is 0 Å². The van der Waals surface area contributed by atoms with E-state index in [4.69, 9.17) is 11.6 Å². The molecule has 0 fully saturated rings. The molecule has 1 heterocycles. The number of benzene rings is 1. The summed E-state index contributed by atoms with van der Waals surface area (Å²) in [6.07, 6.45) is 1.46. The van der Waals surface area contributed by atoms with Gasteiger partial charge in [-0.3, -0.25) is 0 Å². The van der Waals surface area contributed by atoms with Crippen LogP contribution in [-0.4, -0.2) is 22.7 Å². The van der Waals surface area contributed by atoms with E-state index in [1.165, 1.54) is 6.20 Å². The average Bonchev–Trinajstić information content (AvgIpc) is 2.49. The first-order chi connectivity index (χ1) is 9.97. The maximum absolute atomic E-state index is 11.8. The van der Waals surface area contributed by atoms with Crippen molar-refractivity contribution < 1.29 is 9.90 Å². The lowest BCUT2D eigenvalue weighted by atomic mass is 9.96. The molecule has 6 heteroatoms. The molecule has 0 aliphatic rings. The Morgan fingerprint density at radius 3 is 2.62 bits per heavy atom. The van der Waals surface area contributed by atoms with Gasteiger partial charge in [-0.05, 0) is 24.6 Å². The highest BCUT2D eigenvalue weighted by Crippen LogP contribution is 2.19. The van der Waals surface area contributed by atoms with Gasteiger partial charge in [0.15, 0.2) is 0 Å². The summed E-state index contributed by atoms with van der Waals surface area (Å²) in [5.41, 5.74) is 0.117. The van der Waals surface area contributed by atoms with E-state index in [2.05, 4.69) is 15.6 Å². The fraction of sp³-hybridized carbons (Fsp3) is 0.200. The summed E-state index contributed by atoms with van der Waals surface area (Å²) in [5.74, 6) is 0. The Bertz CT molecular complexity index is 600. The maximum Gasteiger partial charge on any atom is 0.319 e. The van der Waals surface area contributed by atoms with Gasteiger partial charge in [0.05, 0.1) is 18.4 Å². The SMILES string of the molecule is CC(O)(CNC(=O)Nc1ccc(Cl)nc1)c1ccccc1. The summed E-state index contributed by atoms with van der Waals surface area (Å²) in [5, 5.41) is 16.0. The van der Waals surface area contributed by atoms with Gasteiger partial charge in [0.2, 0.25) is 0 Å². The summed E-state index contributed by atoms with van der Waals surface area (Å²) in [6, 6.07) is 12.0. The Balaban J connectivity index is 1.90. The number of amides is 2. The zero-order valence-electron chi connectivity index (χ0n) is 11.5. The van der Waals surface area contributed by atoms with Crippen molar-refractivity contribution in [2.24, 2.45) is 0 Å². The Kier molecular flexibility index (Phi) is 4.77. The molecular formula is C15H16ClN3O2. The molecule has 0 bridgehead atoms. The fourth-order valence-electron chi connectivity index (χ4n) is 1.78. The minimum atomic E-state index is -1.14. The summed E-state index contributed by atoms with van der Waals surface area (Å²) in [7, 11) is 0. The molecule has 1 aromatic carbocycles. The predicted molar refractivity (Wildman–Crippen MR) is 82.3 cm³/mol. The Morgan fingerprint density at radius 2 is 2.00 bits per heavy atom. The van der Waals surface area contributed by atoms with E-state index in [0.717, 1.165) is 5.56 Å². The largest absolute Gasteiger partial charge is 0.384 e. The maximum atomic E-state index is 11.8. The normalized spacial score (nSPS) is 13.3. The molecule has 0 saturated heterocycles. The van der Waals surface area contributed by atoms with Crippen molar-refractivity contribution in [3.63, 3.8) is 0 Å². The molecule has 0 spiro atoms. The van der Waals surface area contributed by atoms with E-state index in [1.54, 1.807) is 19.1 Å². The van der Waals surface area contributed by atoms with Crippen molar-refractivity contribution in [2.75, 3.05) is 11.9 Å². The fourth-order valence-corrected chi connectivity index (χ4v) is 1.89. The predicted octanol–water partition coefficient (Wildman–Crippen LogP) is 2.76. The van der Waals surface area contributed by atoms with Crippen LogP contribution in [0.15, 0.2) is 48.7 Å². The first-order valence-corrected chi connectivity index (χ1v) is 6.79. The molecule has 2 amide bonds. The highest BCUT2D eigenvalue weighted by atomic mass is 35.5. The van der Waals surface area contributed by atoms with Gasteiger partial charge in [0.1, 0.15) is 10.8 Å². The third-order valence-corrected chi connectivity index (χ3v) is 3.20. The zero-order valence-corrected chi connectivity index (χ0v) is 12.3. The van der Waals surface area contributed by atoms with Crippen molar-refractivity contribution in [1.82, 2.24) is 10.3 Å². The molecule has 21 heavy (non-hydrogen) atoms. The van der Waals surface area contributed by atoms with Crippen molar-refractivity contribution in [3.05, 3.63) is 59.4 Å². The highest BCUT2D eigenvalue weighted by molar-refractivity contribution is 6.29. The average molecular weight is 306 g/mol. The van der Waals surface area contributed by atoms with Gasteiger partial charge < -0.3 is 15.7 Å². The minimum absolute atomic E-state index is 0.0872. The van der Waals surface area contributed by atoms with Crippen LogP contribution in [0.2, 0.25) is 5.15 Å². The summed E-state index contributed by atoms with van der Waals surface area (Å²) in [6.45, 7) is 1.73. The number of halogens is 1. The standard InChI is InChI=1S/C15H16ClN3O2/c1-15(21,11-5-3-2-4-6-11)10-18-14(20)19-12-7-8-13(16)17-9-12/h2-9,21H,10H2,1H3,(H2,18,19,20). The molecule has 110 valence electrons. The van der Waals surface area contributed by atoms with Crippen molar-refractivity contribution in [1.29, 1.82) is 0 Å². The molecule has 2 aromatic rings. The topological polar surface area (TPSA) is 74.2 Å². The molecule has 5 nitrogen and oxygen atoms in total. The molecule has 0 aliphatic carbocycles. The van der Waals surface area contributed by atoms with Crippen LogP contribution in [0.1, 0.15) is 12.5 Å². The van der Waals surface area contributed by atoms with Gasteiger partial charge in [-0.25, -0.2) is 9.78 Å². The minimum Gasteiger partial charge on any atom is -0.384 e. The lowest BCUT2D eigenvalue weighted by Crippen LogP contribution is -2.40. The second kappa shape index (κ2) is 6.56. The molecule has 0 aliphatic heterocycles. The number of carbonyl (C=O) groups excluding carboxylic acids is 1. The van der Waals surface area contributed by atoms with Gasteiger partial charge in [0, 0.05) is 0 Å². The molecule has 3 N–H and O–H groups in total. The highest BCUT2D eigenvalue weighted by Gasteiger charge is 2.23. The monoisotopic (exact) mass is 305 g/mol. The van der Waals surface area contributed by atoms with Crippen LogP contribution in [-0.2, 0) is 5.60 Å². The van der Waals surface area contributed by atoms with Crippen molar-refractivity contribution in [2.45, 2.75) is 12.5 Å². The zero-order chi connectivity index (χ0) is 15.3. The Morgan fingerprint density at radius 1 is 1.29 bits per heavy atom. The van der Waals surface area contributed by atoms with Crippen LogP contribution in [0.4, 0.5) is 10.5 Å². The van der Waals surface area contributed by atoms with E-state index in [1.807, 2.05) is 30.3 Å². The van der Waals surface area contributed by atoms with Gasteiger partial charge >= 0.3 is 6.03 Å². The number of carbonyl (C=O) groups is 1. The third kappa shape index (κ3) is 4.44. The number of hydrogen-bond acceptors (Lipinski definition) is 3. The second-order valence-electron chi connectivity index (χ2n) is 4.82. The van der Waals surface area contributed by atoms with Crippen LogP contribution >= 0.6 is 11.6 Å². The van der Waals surface area contributed by atoms with E-state index in [9.17, 15) is 9.90 Å². The van der Waals surface area contributed by atoms with Crippen molar-refractivity contribution >= 4 is 23.3 Å².